The van der Waals surface area contributed by atoms with Crippen molar-refractivity contribution in [2.24, 2.45) is 5.92 Å². The van der Waals surface area contributed by atoms with Crippen molar-refractivity contribution in [1.29, 1.82) is 0 Å². The van der Waals surface area contributed by atoms with Gasteiger partial charge in [-0.05, 0) is 68.4 Å². The first-order valence-electron chi connectivity index (χ1n) is 14.5. The minimum Gasteiger partial charge on any atom is -0.308 e. The number of nitrogens with zero attached hydrogens (tertiary/aromatic N) is 6. The molecule has 0 aliphatic carbocycles. The van der Waals surface area contributed by atoms with Crippen LogP contribution in [0.1, 0.15) is 55.5 Å². The van der Waals surface area contributed by atoms with Gasteiger partial charge in [0.2, 0.25) is 20.0 Å². The Labute approximate surface area is 250 Å². The van der Waals surface area contributed by atoms with Crippen LogP contribution in [0.25, 0.3) is 11.2 Å². The number of nitrogens with one attached hydrogen (secondary N) is 1. The van der Waals surface area contributed by atoms with E-state index in [0.717, 1.165) is 24.0 Å². The highest BCUT2D eigenvalue weighted by Gasteiger charge is 2.33. The standard InChI is InChI=1S/C29H35N7O5S2/c1-20-5-7-22(8-6-20)18-36-28-26(32-33-36)29(37)31-27(30-28)23-4-3-15-35(19-23)43(40,41)25-11-9-24(10-12-25)42(38,39)34-16-13-21(2)14-17-34/h5-12,21,23H,3-4,13-19H2,1-2H3,(H,30,31,37). The fourth-order valence-electron chi connectivity index (χ4n) is 5.74. The van der Waals surface area contributed by atoms with E-state index in [1.54, 1.807) is 4.68 Å². The summed E-state index contributed by atoms with van der Waals surface area (Å²) in [5.41, 5.74) is 2.17. The maximum Gasteiger partial charge on any atom is 0.281 e. The summed E-state index contributed by atoms with van der Waals surface area (Å²) in [7, 11) is -7.61. The van der Waals surface area contributed by atoms with Gasteiger partial charge in [-0.3, -0.25) is 4.79 Å². The molecule has 2 aromatic carbocycles. The van der Waals surface area contributed by atoms with Crippen LogP contribution in [-0.2, 0) is 26.6 Å². The van der Waals surface area contributed by atoms with E-state index >= 15 is 0 Å². The van der Waals surface area contributed by atoms with Gasteiger partial charge in [-0.15, -0.1) is 5.10 Å². The number of hydrogen-bond donors (Lipinski definition) is 1. The Morgan fingerprint density at radius 3 is 2.14 bits per heavy atom. The average molecular weight is 626 g/mol. The lowest BCUT2D eigenvalue weighted by molar-refractivity contribution is 0.288. The van der Waals surface area contributed by atoms with Crippen LogP contribution >= 0.6 is 0 Å². The van der Waals surface area contributed by atoms with Gasteiger partial charge in [0.1, 0.15) is 5.82 Å². The molecular formula is C29H35N7O5S2. The second-order valence-electron chi connectivity index (χ2n) is 11.6. The fourth-order valence-corrected chi connectivity index (χ4v) is 8.73. The number of hydrogen-bond acceptors (Lipinski definition) is 8. The van der Waals surface area contributed by atoms with E-state index in [0.29, 0.717) is 56.4 Å². The van der Waals surface area contributed by atoms with E-state index in [1.807, 2.05) is 31.2 Å². The van der Waals surface area contributed by atoms with E-state index in [9.17, 15) is 21.6 Å². The van der Waals surface area contributed by atoms with Crippen molar-refractivity contribution in [1.82, 2.24) is 33.6 Å². The van der Waals surface area contributed by atoms with Crippen LogP contribution in [0.15, 0.2) is 63.1 Å². The molecule has 0 amide bonds. The fraction of sp³-hybridized carbons (Fsp3) is 0.448. The first-order chi connectivity index (χ1) is 20.5. The molecule has 14 heteroatoms. The molecule has 43 heavy (non-hydrogen) atoms. The molecule has 228 valence electrons. The van der Waals surface area contributed by atoms with Gasteiger partial charge in [-0.2, -0.15) is 8.61 Å². The number of aryl methyl sites for hydroxylation is 1. The minimum atomic E-state index is -3.92. The quantitative estimate of drug-likeness (QED) is 0.329. The van der Waals surface area contributed by atoms with Crippen molar-refractivity contribution < 1.29 is 16.8 Å². The number of H-pyrrole nitrogens is 1. The van der Waals surface area contributed by atoms with Crippen LogP contribution in [0, 0.1) is 12.8 Å². The van der Waals surface area contributed by atoms with Gasteiger partial charge in [0.15, 0.2) is 11.2 Å². The van der Waals surface area contributed by atoms with Gasteiger partial charge >= 0.3 is 0 Å². The SMILES string of the molecule is Cc1ccc(Cn2nnc3c(=O)[nH]c(C4CCCN(S(=O)(=O)c5ccc(S(=O)(=O)N6CCC(C)CC6)cc5)C4)nc32)cc1. The molecule has 6 rings (SSSR count). The topological polar surface area (TPSA) is 151 Å². The monoisotopic (exact) mass is 625 g/mol. The Balaban J connectivity index is 1.22. The molecule has 2 saturated heterocycles. The molecule has 2 aromatic heterocycles. The molecule has 1 unspecified atom stereocenters. The average Bonchev–Trinajstić information content (AvgIpc) is 3.41. The summed E-state index contributed by atoms with van der Waals surface area (Å²) >= 11 is 0. The molecule has 1 N–H and O–H groups in total. The summed E-state index contributed by atoms with van der Waals surface area (Å²) in [6.45, 7) is 5.87. The normalized spacial score (nSPS) is 19.6. The van der Waals surface area contributed by atoms with E-state index in [-0.39, 0.29) is 27.8 Å². The molecule has 1 atom stereocenters. The first kappa shape index (κ1) is 29.6. The van der Waals surface area contributed by atoms with Gasteiger partial charge in [0, 0.05) is 32.1 Å². The van der Waals surface area contributed by atoms with E-state index in [4.69, 9.17) is 4.98 Å². The van der Waals surface area contributed by atoms with Crippen molar-refractivity contribution in [2.45, 2.75) is 61.8 Å². The highest BCUT2D eigenvalue weighted by Crippen LogP contribution is 2.30. The summed E-state index contributed by atoms with van der Waals surface area (Å²) in [6, 6.07) is 13.4. The minimum absolute atomic E-state index is 0.0247. The number of sulfonamides is 2. The lowest BCUT2D eigenvalue weighted by Crippen LogP contribution is -2.40. The largest absolute Gasteiger partial charge is 0.308 e. The summed E-state index contributed by atoms with van der Waals surface area (Å²) in [4.78, 5) is 20.5. The third-order valence-corrected chi connectivity index (χ3v) is 12.2. The van der Waals surface area contributed by atoms with Crippen molar-refractivity contribution in [3.05, 3.63) is 75.8 Å². The van der Waals surface area contributed by atoms with Crippen LogP contribution in [-0.4, -0.2) is 76.6 Å². The van der Waals surface area contributed by atoms with Gasteiger partial charge in [-0.25, -0.2) is 26.5 Å². The van der Waals surface area contributed by atoms with Crippen molar-refractivity contribution >= 4 is 31.2 Å². The third kappa shape index (κ3) is 5.88. The molecule has 0 radical (unpaired) electrons. The third-order valence-electron chi connectivity index (χ3n) is 8.46. The molecule has 2 aliphatic heterocycles. The summed E-state index contributed by atoms with van der Waals surface area (Å²) in [6.07, 6.45) is 2.83. The smallest absolute Gasteiger partial charge is 0.281 e. The second kappa shape index (κ2) is 11.6. The number of fused-ring (bicyclic) bond motifs is 1. The van der Waals surface area contributed by atoms with Gasteiger partial charge in [-0.1, -0.05) is 42.0 Å². The molecule has 0 saturated carbocycles. The van der Waals surface area contributed by atoms with Gasteiger partial charge < -0.3 is 4.98 Å². The maximum atomic E-state index is 13.6. The number of aromatic amines is 1. The number of rotatable bonds is 7. The van der Waals surface area contributed by atoms with Crippen molar-refractivity contribution in [3.63, 3.8) is 0 Å². The first-order valence-corrected chi connectivity index (χ1v) is 17.4. The molecule has 0 spiro atoms. The predicted octanol–water partition coefficient (Wildman–Crippen LogP) is 2.86. The molecule has 0 bridgehead atoms. The Hall–Kier alpha value is -3.46. The van der Waals surface area contributed by atoms with Crippen molar-refractivity contribution in [2.75, 3.05) is 26.2 Å². The van der Waals surface area contributed by atoms with Crippen LogP contribution in [0.5, 0.6) is 0 Å². The summed E-state index contributed by atoms with van der Waals surface area (Å²) < 4.78 is 57.9. The highest BCUT2D eigenvalue weighted by molar-refractivity contribution is 7.89. The molecule has 4 heterocycles. The zero-order valence-electron chi connectivity index (χ0n) is 24.2. The second-order valence-corrected chi connectivity index (χ2v) is 15.5. The Bertz CT molecular complexity index is 1900. The van der Waals surface area contributed by atoms with Gasteiger partial charge in [0.25, 0.3) is 5.56 Å². The maximum absolute atomic E-state index is 13.6. The molecular weight excluding hydrogens is 590 g/mol. The van der Waals surface area contributed by atoms with E-state index in [2.05, 4.69) is 22.2 Å². The van der Waals surface area contributed by atoms with E-state index < -0.39 is 25.6 Å². The number of benzene rings is 2. The predicted molar refractivity (Wildman–Crippen MR) is 161 cm³/mol. The Morgan fingerprint density at radius 1 is 0.860 bits per heavy atom. The zero-order chi connectivity index (χ0) is 30.4. The molecule has 4 aromatic rings. The number of aromatic nitrogens is 5. The van der Waals surface area contributed by atoms with Crippen LogP contribution in [0.2, 0.25) is 0 Å². The lowest BCUT2D eigenvalue weighted by Gasteiger charge is -2.31. The zero-order valence-corrected chi connectivity index (χ0v) is 25.8. The Kier molecular flexibility index (Phi) is 7.96. The molecule has 12 nitrogen and oxygen atoms in total. The summed E-state index contributed by atoms with van der Waals surface area (Å²) in [5.74, 6) is 0.534. The highest BCUT2D eigenvalue weighted by atomic mass is 32.2. The van der Waals surface area contributed by atoms with E-state index in [1.165, 1.54) is 32.9 Å². The summed E-state index contributed by atoms with van der Waals surface area (Å²) in [5, 5.41) is 8.17. The van der Waals surface area contributed by atoms with Crippen molar-refractivity contribution in [3.8, 4) is 0 Å². The lowest BCUT2D eigenvalue weighted by atomic mass is 9.99. The number of piperidine rings is 2. The van der Waals surface area contributed by atoms with Crippen LogP contribution < -0.4 is 5.56 Å². The van der Waals surface area contributed by atoms with Crippen LogP contribution in [0.3, 0.4) is 0 Å². The van der Waals surface area contributed by atoms with Gasteiger partial charge in [0.05, 0.1) is 16.3 Å². The Morgan fingerprint density at radius 2 is 1.49 bits per heavy atom. The molecule has 2 aliphatic rings. The molecule has 2 fully saturated rings. The van der Waals surface area contributed by atoms with Crippen LogP contribution in [0.4, 0.5) is 0 Å².